The molecule has 2 heteroatoms. The average Bonchev–Trinajstić information content (AvgIpc) is 2.34. The Balaban J connectivity index is 2.39. The molecule has 1 N–H and O–H groups in total. The second-order valence-electron chi connectivity index (χ2n) is 5.41. The minimum Gasteiger partial charge on any atom is -0.392 e. The van der Waals surface area contributed by atoms with Crippen LogP contribution < -0.4 is 0 Å². The molecule has 76 valence electrons. The van der Waals surface area contributed by atoms with Gasteiger partial charge < -0.3 is 9.84 Å². The minimum atomic E-state index is -0.175. The summed E-state index contributed by atoms with van der Waals surface area (Å²) in [4.78, 5) is 0. The Labute approximate surface area is 80.3 Å². The Hall–Kier alpha value is -0.0800. The molecule has 2 bridgehead atoms. The maximum atomic E-state index is 10.0. The molecule has 0 aliphatic heterocycles. The molecule has 2 nitrogen and oxygen atoms in total. The predicted molar refractivity (Wildman–Crippen MR) is 51.4 cm³/mol. The van der Waals surface area contributed by atoms with Crippen molar-refractivity contribution in [1.29, 1.82) is 0 Å². The first-order chi connectivity index (χ1) is 5.94. The zero-order chi connectivity index (χ0) is 9.85. The van der Waals surface area contributed by atoms with Crippen LogP contribution in [0.3, 0.4) is 0 Å². The van der Waals surface area contributed by atoms with Crippen molar-refractivity contribution in [3.63, 3.8) is 0 Å². The van der Waals surface area contributed by atoms with Crippen LogP contribution in [-0.4, -0.2) is 24.4 Å². The van der Waals surface area contributed by atoms with Crippen LogP contribution in [0.25, 0.3) is 0 Å². The van der Waals surface area contributed by atoms with Crippen LogP contribution in [-0.2, 0) is 4.74 Å². The van der Waals surface area contributed by atoms with Crippen molar-refractivity contribution in [3.05, 3.63) is 0 Å². The molecule has 2 rings (SSSR count). The summed E-state index contributed by atoms with van der Waals surface area (Å²) < 4.78 is 5.49. The van der Waals surface area contributed by atoms with Crippen LogP contribution in [0.5, 0.6) is 0 Å². The molecular weight excluding hydrogens is 164 g/mol. The first-order valence-corrected chi connectivity index (χ1v) is 5.15. The molecule has 0 unspecified atom stereocenters. The van der Waals surface area contributed by atoms with Gasteiger partial charge in [0.2, 0.25) is 0 Å². The molecule has 0 spiro atoms. The summed E-state index contributed by atoms with van der Waals surface area (Å²) in [5.41, 5.74) is 0.194. The largest absolute Gasteiger partial charge is 0.392 e. The topological polar surface area (TPSA) is 29.5 Å². The normalized spacial score (nSPS) is 52.8. The van der Waals surface area contributed by atoms with Gasteiger partial charge in [-0.2, -0.15) is 0 Å². The highest BCUT2D eigenvalue weighted by molar-refractivity contribution is 5.15. The molecule has 0 amide bonds. The molecule has 0 radical (unpaired) electrons. The van der Waals surface area contributed by atoms with E-state index in [0.29, 0.717) is 5.92 Å². The Morgan fingerprint density at radius 3 is 2.15 bits per heavy atom. The van der Waals surface area contributed by atoms with E-state index in [2.05, 4.69) is 20.8 Å². The molecule has 0 heterocycles. The summed E-state index contributed by atoms with van der Waals surface area (Å²) in [6.45, 7) is 6.72. The fourth-order valence-electron chi connectivity index (χ4n) is 3.54. The number of ether oxygens (including phenoxy) is 1. The predicted octanol–water partition coefficient (Wildman–Crippen LogP) is 1.82. The van der Waals surface area contributed by atoms with Gasteiger partial charge in [0, 0.05) is 12.5 Å². The number of rotatable bonds is 1. The number of hydrogen-bond acceptors (Lipinski definition) is 2. The van der Waals surface area contributed by atoms with Crippen molar-refractivity contribution < 1.29 is 9.84 Å². The van der Waals surface area contributed by atoms with Crippen LogP contribution in [0.4, 0.5) is 0 Å². The lowest BCUT2D eigenvalue weighted by atomic mass is 9.69. The highest BCUT2D eigenvalue weighted by Gasteiger charge is 2.66. The Kier molecular flexibility index (Phi) is 1.81. The third kappa shape index (κ3) is 0.861. The van der Waals surface area contributed by atoms with Crippen molar-refractivity contribution in [3.8, 4) is 0 Å². The van der Waals surface area contributed by atoms with Gasteiger partial charge in [-0.25, -0.2) is 0 Å². The van der Waals surface area contributed by atoms with Gasteiger partial charge >= 0.3 is 0 Å². The summed E-state index contributed by atoms with van der Waals surface area (Å²) in [5, 5.41) is 10.0. The van der Waals surface area contributed by atoms with E-state index in [4.69, 9.17) is 4.74 Å². The van der Waals surface area contributed by atoms with Gasteiger partial charge in [-0.3, -0.25) is 0 Å². The summed E-state index contributed by atoms with van der Waals surface area (Å²) >= 11 is 0. The van der Waals surface area contributed by atoms with Crippen LogP contribution in [0.2, 0.25) is 0 Å². The fraction of sp³-hybridized carbons (Fsp3) is 1.00. The fourth-order valence-corrected chi connectivity index (χ4v) is 3.54. The number of aliphatic hydroxyl groups is 1. The van der Waals surface area contributed by atoms with E-state index in [1.54, 1.807) is 7.11 Å². The molecule has 13 heavy (non-hydrogen) atoms. The standard InChI is InChI=1S/C11H20O2/c1-10(2)7-5-8(12)11(10,3)9(6-7)13-4/h7-9,12H,5-6H2,1-4H3/t7-,8-,9-,11+/m0/s1. The smallest absolute Gasteiger partial charge is 0.0657 e. The van der Waals surface area contributed by atoms with E-state index in [0.717, 1.165) is 12.8 Å². The van der Waals surface area contributed by atoms with Gasteiger partial charge in [0.15, 0.2) is 0 Å². The first-order valence-electron chi connectivity index (χ1n) is 5.15. The molecule has 0 aromatic carbocycles. The summed E-state index contributed by atoms with van der Waals surface area (Å²) in [6, 6.07) is 0. The second-order valence-corrected chi connectivity index (χ2v) is 5.41. The molecule has 2 aliphatic carbocycles. The Morgan fingerprint density at radius 1 is 1.23 bits per heavy atom. The minimum absolute atomic E-state index is 0.0353. The van der Waals surface area contributed by atoms with E-state index in [1.807, 2.05) is 0 Å². The quantitative estimate of drug-likeness (QED) is 0.673. The van der Waals surface area contributed by atoms with Gasteiger partial charge in [-0.1, -0.05) is 20.8 Å². The van der Waals surface area contributed by atoms with Crippen LogP contribution in [0, 0.1) is 16.7 Å². The van der Waals surface area contributed by atoms with Gasteiger partial charge in [-0.15, -0.1) is 0 Å². The van der Waals surface area contributed by atoms with E-state index in [1.165, 1.54) is 0 Å². The molecule has 0 saturated heterocycles. The van der Waals surface area contributed by atoms with Crippen LogP contribution in [0.1, 0.15) is 33.6 Å². The lowest BCUT2D eigenvalue weighted by molar-refractivity contribution is -0.0886. The van der Waals surface area contributed by atoms with Crippen molar-refractivity contribution in [1.82, 2.24) is 0 Å². The lowest BCUT2D eigenvalue weighted by Gasteiger charge is -2.40. The summed E-state index contributed by atoms with van der Waals surface area (Å²) in [7, 11) is 1.76. The van der Waals surface area contributed by atoms with Gasteiger partial charge in [-0.05, 0) is 24.2 Å². The zero-order valence-corrected chi connectivity index (χ0v) is 9.00. The Morgan fingerprint density at radius 2 is 1.85 bits per heavy atom. The van der Waals surface area contributed by atoms with Gasteiger partial charge in [0.25, 0.3) is 0 Å². The SMILES string of the molecule is CO[C@H]1C[C@@H]2C[C@H](O)[C@@]1(C)C2(C)C. The maximum Gasteiger partial charge on any atom is 0.0657 e. The average molecular weight is 184 g/mol. The molecule has 4 atom stereocenters. The lowest BCUT2D eigenvalue weighted by Crippen LogP contribution is -2.45. The van der Waals surface area contributed by atoms with E-state index < -0.39 is 0 Å². The van der Waals surface area contributed by atoms with Crippen molar-refractivity contribution >= 4 is 0 Å². The molecule has 2 fully saturated rings. The molecule has 2 aliphatic rings. The van der Waals surface area contributed by atoms with Gasteiger partial charge in [0.05, 0.1) is 12.2 Å². The van der Waals surface area contributed by atoms with E-state index in [9.17, 15) is 5.11 Å². The van der Waals surface area contributed by atoms with Crippen molar-refractivity contribution in [2.75, 3.05) is 7.11 Å². The summed E-state index contributed by atoms with van der Waals surface area (Å²) in [6.07, 6.45) is 2.16. The highest BCUT2D eigenvalue weighted by Crippen LogP contribution is 2.65. The van der Waals surface area contributed by atoms with E-state index >= 15 is 0 Å². The molecule has 0 aromatic rings. The van der Waals surface area contributed by atoms with Crippen molar-refractivity contribution in [2.45, 2.75) is 45.8 Å². The first kappa shape index (κ1) is 9.47. The number of methoxy groups -OCH3 is 1. The third-order valence-electron chi connectivity index (χ3n) is 5.06. The second kappa shape index (κ2) is 2.48. The number of fused-ring (bicyclic) bond motifs is 2. The molecular formula is C11H20O2. The van der Waals surface area contributed by atoms with Crippen LogP contribution in [0.15, 0.2) is 0 Å². The highest BCUT2D eigenvalue weighted by atomic mass is 16.5. The monoisotopic (exact) mass is 184 g/mol. The Bertz CT molecular complexity index is 224. The molecule has 0 aromatic heterocycles. The van der Waals surface area contributed by atoms with Crippen LogP contribution >= 0.6 is 0 Å². The number of hydrogen-bond donors (Lipinski definition) is 1. The molecule has 2 saturated carbocycles. The number of aliphatic hydroxyl groups excluding tert-OH is 1. The summed E-state index contributed by atoms with van der Waals surface area (Å²) in [5.74, 6) is 0.637. The maximum absolute atomic E-state index is 10.0. The van der Waals surface area contributed by atoms with Crippen molar-refractivity contribution in [2.24, 2.45) is 16.7 Å². The third-order valence-corrected chi connectivity index (χ3v) is 5.06. The van der Waals surface area contributed by atoms with E-state index in [-0.39, 0.29) is 23.0 Å². The zero-order valence-electron chi connectivity index (χ0n) is 9.00. The van der Waals surface area contributed by atoms with Gasteiger partial charge in [0.1, 0.15) is 0 Å².